The fraction of sp³-hybridized carbons (Fsp3) is 0.562. The van der Waals surface area contributed by atoms with E-state index in [0.717, 1.165) is 35.0 Å². The summed E-state index contributed by atoms with van der Waals surface area (Å²) in [6, 6.07) is 2.10. The van der Waals surface area contributed by atoms with Gasteiger partial charge in [-0.05, 0) is 65.6 Å². The fourth-order valence-electron chi connectivity index (χ4n) is 3.52. The quantitative estimate of drug-likeness (QED) is 0.910. The third kappa shape index (κ3) is 1.88. The molecule has 2 aliphatic carbocycles. The molecule has 20 heavy (non-hydrogen) atoms. The van der Waals surface area contributed by atoms with E-state index in [9.17, 15) is 9.90 Å². The molecule has 3 nitrogen and oxygen atoms in total. The number of carboxylic acids is 1. The molecule has 1 aromatic carbocycles. The Morgan fingerprint density at radius 3 is 2.55 bits per heavy atom. The largest absolute Gasteiger partial charge is 0.495 e. The first kappa shape index (κ1) is 13.9. The van der Waals surface area contributed by atoms with Crippen LogP contribution in [0, 0.1) is 0 Å². The van der Waals surface area contributed by atoms with E-state index in [4.69, 9.17) is 4.74 Å². The Labute approximate surface area is 127 Å². The number of aryl methyl sites for hydroxylation is 1. The molecule has 0 amide bonds. The lowest BCUT2D eigenvalue weighted by molar-refractivity contribution is -0.147. The predicted molar refractivity (Wildman–Crippen MR) is 80.5 cm³/mol. The summed E-state index contributed by atoms with van der Waals surface area (Å²) >= 11 is 3.65. The van der Waals surface area contributed by atoms with Gasteiger partial charge in [0.05, 0.1) is 17.0 Å². The van der Waals surface area contributed by atoms with Gasteiger partial charge in [0.2, 0.25) is 0 Å². The Morgan fingerprint density at radius 1 is 1.30 bits per heavy atom. The van der Waals surface area contributed by atoms with Crippen molar-refractivity contribution in [2.45, 2.75) is 50.4 Å². The highest BCUT2D eigenvalue weighted by Gasteiger charge is 2.48. The maximum absolute atomic E-state index is 11.8. The minimum atomic E-state index is -0.736. The van der Waals surface area contributed by atoms with E-state index in [1.165, 1.54) is 24.0 Å². The highest BCUT2D eigenvalue weighted by molar-refractivity contribution is 9.10. The zero-order valence-electron chi connectivity index (χ0n) is 11.7. The van der Waals surface area contributed by atoms with Crippen LogP contribution in [0.1, 0.15) is 48.8 Å². The van der Waals surface area contributed by atoms with Gasteiger partial charge in [-0.3, -0.25) is 4.79 Å². The molecule has 0 bridgehead atoms. The average molecular weight is 339 g/mol. The molecule has 0 aromatic heterocycles. The van der Waals surface area contributed by atoms with E-state index in [1.54, 1.807) is 7.11 Å². The van der Waals surface area contributed by atoms with Crippen molar-refractivity contribution >= 4 is 21.9 Å². The number of aliphatic carboxylic acids is 1. The maximum atomic E-state index is 11.8. The summed E-state index contributed by atoms with van der Waals surface area (Å²) in [6.45, 7) is 0. The second kappa shape index (κ2) is 5.06. The first-order valence-corrected chi connectivity index (χ1v) is 8.01. The van der Waals surface area contributed by atoms with Crippen molar-refractivity contribution in [1.29, 1.82) is 0 Å². The number of halogens is 1. The van der Waals surface area contributed by atoms with E-state index in [0.29, 0.717) is 12.8 Å². The van der Waals surface area contributed by atoms with Crippen molar-refractivity contribution in [3.8, 4) is 5.75 Å². The van der Waals surface area contributed by atoms with Crippen LogP contribution < -0.4 is 4.74 Å². The number of fused-ring (bicyclic) bond motifs is 1. The highest BCUT2D eigenvalue weighted by Crippen LogP contribution is 2.51. The molecule has 1 saturated carbocycles. The molecule has 0 heterocycles. The van der Waals surface area contributed by atoms with E-state index in [-0.39, 0.29) is 0 Å². The number of benzene rings is 1. The van der Waals surface area contributed by atoms with Gasteiger partial charge in [-0.1, -0.05) is 12.5 Å². The Bertz CT molecular complexity index is 561. The fourth-order valence-corrected chi connectivity index (χ4v) is 4.35. The molecule has 3 rings (SSSR count). The second-order valence-corrected chi connectivity index (χ2v) is 6.65. The number of rotatable bonds is 3. The van der Waals surface area contributed by atoms with E-state index in [1.807, 2.05) is 0 Å². The smallest absolute Gasteiger partial charge is 0.314 e. The molecule has 0 atom stereocenters. The van der Waals surface area contributed by atoms with Gasteiger partial charge in [0.25, 0.3) is 0 Å². The van der Waals surface area contributed by atoms with Crippen molar-refractivity contribution in [2.75, 3.05) is 7.11 Å². The Hall–Kier alpha value is -1.03. The zero-order valence-corrected chi connectivity index (χ0v) is 13.3. The standard InChI is InChI=1S/C16H19BrO3/c1-20-14-12(16(15(18)19)7-4-8-16)9-10-5-2-3-6-11(10)13(14)17/h9H,2-8H2,1H3,(H,18,19). The number of carbonyl (C=O) groups is 1. The van der Waals surface area contributed by atoms with Gasteiger partial charge < -0.3 is 9.84 Å². The minimum Gasteiger partial charge on any atom is -0.495 e. The molecule has 0 saturated heterocycles. The van der Waals surface area contributed by atoms with Gasteiger partial charge in [0, 0.05) is 5.56 Å². The molecule has 1 fully saturated rings. The van der Waals surface area contributed by atoms with Gasteiger partial charge in [-0.15, -0.1) is 0 Å². The van der Waals surface area contributed by atoms with E-state index < -0.39 is 11.4 Å². The second-order valence-electron chi connectivity index (χ2n) is 5.86. The van der Waals surface area contributed by atoms with Crippen molar-refractivity contribution in [3.05, 3.63) is 27.2 Å². The lowest BCUT2D eigenvalue weighted by Gasteiger charge is -2.40. The molecule has 0 spiro atoms. The molecule has 0 unspecified atom stereocenters. The van der Waals surface area contributed by atoms with Crippen LogP contribution in [-0.2, 0) is 23.1 Å². The molecule has 2 aliphatic rings. The minimum absolute atomic E-state index is 0.712. The van der Waals surface area contributed by atoms with E-state index in [2.05, 4.69) is 22.0 Å². The van der Waals surface area contributed by atoms with Crippen LogP contribution in [0.15, 0.2) is 10.5 Å². The SMILES string of the molecule is COc1c(C2(C(=O)O)CCC2)cc2c(c1Br)CCCC2. The van der Waals surface area contributed by atoms with Crippen LogP contribution in [0.5, 0.6) is 5.75 Å². The van der Waals surface area contributed by atoms with Crippen LogP contribution in [0.2, 0.25) is 0 Å². The van der Waals surface area contributed by atoms with Gasteiger partial charge >= 0.3 is 5.97 Å². The zero-order chi connectivity index (χ0) is 14.3. The summed E-state index contributed by atoms with van der Waals surface area (Å²) < 4.78 is 6.54. The van der Waals surface area contributed by atoms with Gasteiger partial charge in [-0.25, -0.2) is 0 Å². The van der Waals surface area contributed by atoms with Crippen molar-refractivity contribution < 1.29 is 14.6 Å². The predicted octanol–water partition coefficient (Wildman–Crippen LogP) is 3.84. The first-order valence-electron chi connectivity index (χ1n) is 7.22. The summed E-state index contributed by atoms with van der Waals surface area (Å²) in [4.78, 5) is 11.8. The number of hydrogen-bond donors (Lipinski definition) is 1. The Kier molecular flexibility index (Phi) is 3.53. The van der Waals surface area contributed by atoms with Crippen molar-refractivity contribution in [2.24, 2.45) is 0 Å². The average Bonchev–Trinajstić information content (AvgIpc) is 2.37. The third-order valence-electron chi connectivity index (χ3n) is 4.87. The summed E-state index contributed by atoms with van der Waals surface area (Å²) in [7, 11) is 1.63. The number of ether oxygens (including phenoxy) is 1. The highest BCUT2D eigenvalue weighted by atomic mass is 79.9. The van der Waals surface area contributed by atoms with Gasteiger partial charge in [0.15, 0.2) is 0 Å². The topological polar surface area (TPSA) is 46.5 Å². The molecular weight excluding hydrogens is 320 g/mol. The molecule has 1 N–H and O–H groups in total. The molecule has 1 aromatic rings. The summed E-state index contributed by atoms with van der Waals surface area (Å²) in [6.07, 6.45) is 6.87. The summed E-state index contributed by atoms with van der Waals surface area (Å²) in [5, 5.41) is 9.68. The molecule has 0 aliphatic heterocycles. The Morgan fingerprint density at radius 2 is 2.00 bits per heavy atom. The number of carboxylic acid groups (broad SMARTS) is 1. The number of methoxy groups -OCH3 is 1. The van der Waals surface area contributed by atoms with Crippen molar-refractivity contribution in [3.63, 3.8) is 0 Å². The normalized spacial score (nSPS) is 19.9. The first-order chi connectivity index (χ1) is 9.60. The number of hydrogen-bond acceptors (Lipinski definition) is 2. The van der Waals surface area contributed by atoms with Crippen LogP contribution in [0.25, 0.3) is 0 Å². The van der Waals surface area contributed by atoms with Gasteiger partial charge in [0.1, 0.15) is 5.75 Å². The molecule has 0 radical (unpaired) electrons. The van der Waals surface area contributed by atoms with Gasteiger partial charge in [-0.2, -0.15) is 0 Å². The van der Waals surface area contributed by atoms with Crippen LogP contribution in [0.3, 0.4) is 0 Å². The van der Waals surface area contributed by atoms with Crippen LogP contribution in [0.4, 0.5) is 0 Å². The van der Waals surface area contributed by atoms with Crippen LogP contribution in [-0.4, -0.2) is 18.2 Å². The lowest BCUT2D eigenvalue weighted by Crippen LogP contribution is -2.42. The maximum Gasteiger partial charge on any atom is 0.314 e. The summed E-state index contributed by atoms with van der Waals surface area (Å²) in [5.74, 6) is 0.0115. The molecular formula is C16H19BrO3. The lowest BCUT2D eigenvalue weighted by atomic mass is 9.63. The summed E-state index contributed by atoms with van der Waals surface area (Å²) in [5.41, 5.74) is 2.73. The van der Waals surface area contributed by atoms with Crippen molar-refractivity contribution in [1.82, 2.24) is 0 Å². The van der Waals surface area contributed by atoms with Crippen LogP contribution >= 0.6 is 15.9 Å². The molecule has 108 valence electrons. The van der Waals surface area contributed by atoms with E-state index >= 15 is 0 Å². The molecule has 4 heteroatoms. The monoisotopic (exact) mass is 338 g/mol. The third-order valence-corrected chi connectivity index (χ3v) is 5.71. The Balaban J connectivity index is 2.20.